The maximum Gasteiger partial charge on any atom is 0.0207 e. The van der Waals surface area contributed by atoms with Crippen LogP contribution in [0.4, 0.5) is 0 Å². The standard InChI is InChI=1S/C15H24N2/c1-13(11-15-9-5-6-10-16-15)17-12-14-7-3-2-4-8-14/h2-4,7-8,13,15-17H,5-6,9-12H2,1H3. The second-order valence-corrected chi connectivity index (χ2v) is 5.15. The summed E-state index contributed by atoms with van der Waals surface area (Å²) in [6, 6.07) is 11.9. The molecule has 2 unspecified atom stereocenters. The molecule has 2 atom stereocenters. The summed E-state index contributed by atoms with van der Waals surface area (Å²) in [5, 5.41) is 7.21. The number of hydrogen-bond acceptors (Lipinski definition) is 2. The van der Waals surface area contributed by atoms with E-state index in [1.54, 1.807) is 0 Å². The van der Waals surface area contributed by atoms with Crippen molar-refractivity contribution in [3.63, 3.8) is 0 Å². The molecule has 2 heteroatoms. The molecule has 1 heterocycles. The lowest BCUT2D eigenvalue weighted by Crippen LogP contribution is -2.39. The van der Waals surface area contributed by atoms with Crippen LogP contribution < -0.4 is 10.6 Å². The van der Waals surface area contributed by atoms with Gasteiger partial charge in [0.25, 0.3) is 0 Å². The molecule has 2 N–H and O–H groups in total. The molecule has 0 aromatic heterocycles. The first-order valence-electron chi connectivity index (χ1n) is 6.85. The molecule has 0 amide bonds. The highest BCUT2D eigenvalue weighted by Gasteiger charge is 2.15. The third kappa shape index (κ3) is 4.49. The van der Waals surface area contributed by atoms with Gasteiger partial charge in [-0.1, -0.05) is 36.8 Å². The van der Waals surface area contributed by atoms with Crippen LogP contribution in [-0.2, 0) is 6.54 Å². The highest BCUT2D eigenvalue weighted by atomic mass is 15.0. The minimum Gasteiger partial charge on any atom is -0.314 e. The van der Waals surface area contributed by atoms with Crippen molar-refractivity contribution in [3.8, 4) is 0 Å². The Hall–Kier alpha value is -0.860. The van der Waals surface area contributed by atoms with Crippen molar-refractivity contribution >= 4 is 0 Å². The maximum atomic E-state index is 3.61. The predicted octanol–water partition coefficient (Wildman–Crippen LogP) is 2.70. The molecule has 1 aliphatic rings. The third-order valence-electron chi connectivity index (χ3n) is 3.55. The fourth-order valence-corrected chi connectivity index (χ4v) is 2.52. The van der Waals surface area contributed by atoms with Crippen LogP contribution in [0.3, 0.4) is 0 Å². The fraction of sp³-hybridized carbons (Fsp3) is 0.600. The molecule has 1 aromatic rings. The first-order valence-corrected chi connectivity index (χ1v) is 6.85. The lowest BCUT2D eigenvalue weighted by molar-refractivity contribution is 0.344. The van der Waals surface area contributed by atoms with E-state index in [1.165, 1.54) is 37.8 Å². The van der Waals surface area contributed by atoms with Crippen LogP contribution in [0.15, 0.2) is 30.3 Å². The maximum absolute atomic E-state index is 3.61. The van der Waals surface area contributed by atoms with Gasteiger partial charge in [0.15, 0.2) is 0 Å². The quantitative estimate of drug-likeness (QED) is 0.815. The van der Waals surface area contributed by atoms with Crippen molar-refractivity contribution < 1.29 is 0 Å². The molecule has 1 aliphatic heterocycles. The van der Waals surface area contributed by atoms with Crippen molar-refractivity contribution in [2.24, 2.45) is 0 Å². The van der Waals surface area contributed by atoms with Crippen LogP contribution >= 0.6 is 0 Å². The van der Waals surface area contributed by atoms with E-state index in [9.17, 15) is 0 Å². The van der Waals surface area contributed by atoms with Crippen LogP contribution in [0.1, 0.15) is 38.2 Å². The highest BCUT2D eigenvalue weighted by molar-refractivity contribution is 5.14. The largest absolute Gasteiger partial charge is 0.314 e. The average molecular weight is 232 g/mol. The van der Waals surface area contributed by atoms with E-state index in [0.29, 0.717) is 6.04 Å². The van der Waals surface area contributed by atoms with E-state index >= 15 is 0 Å². The molecule has 17 heavy (non-hydrogen) atoms. The van der Waals surface area contributed by atoms with E-state index in [1.807, 2.05) is 0 Å². The van der Waals surface area contributed by atoms with Gasteiger partial charge in [0, 0.05) is 18.6 Å². The van der Waals surface area contributed by atoms with E-state index in [0.717, 1.165) is 12.6 Å². The van der Waals surface area contributed by atoms with Gasteiger partial charge in [-0.05, 0) is 38.3 Å². The normalized spacial score (nSPS) is 22.3. The van der Waals surface area contributed by atoms with Crippen LogP contribution in [0.2, 0.25) is 0 Å². The van der Waals surface area contributed by atoms with Gasteiger partial charge in [0.2, 0.25) is 0 Å². The Morgan fingerprint density at radius 2 is 2.12 bits per heavy atom. The molecule has 0 bridgehead atoms. The summed E-state index contributed by atoms with van der Waals surface area (Å²) in [6.45, 7) is 4.48. The van der Waals surface area contributed by atoms with Crippen LogP contribution in [0.25, 0.3) is 0 Å². The SMILES string of the molecule is CC(CC1CCCCN1)NCc1ccccc1. The van der Waals surface area contributed by atoms with Gasteiger partial charge in [-0.25, -0.2) is 0 Å². The van der Waals surface area contributed by atoms with Crippen molar-refractivity contribution in [2.45, 2.75) is 51.2 Å². The van der Waals surface area contributed by atoms with E-state index < -0.39 is 0 Å². The second-order valence-electron chi connectivity index (χ2n) is 5.15. The number of hydrogen-bond donors (Lipinski definition) is 2. The van der Waals surface area contributed by atoms with Gasteiger partial charge in [-0.3, -0.25) is 0 Å². The van der Waals surface area contributed by atoms with E-state index in [2.05, 4.69) is 47.9 Å². The van der Waals surface area contributed by atoms with Crippen molar-refractivity contribution in [1.82, 2.24) is 10.6 Å². The zero-order valence-corrected chi connectivity index (χ0v) is 10.8. The van der Waals surface area contributed by atoms with Crippen molar-refractivity contribution in [3.05, 3.63) is 35.9 Å². The summed E-state index contributed by atoms with van der Waals surface area (Å²) in [5.41, 5.74) is 1.37. The summed E-state index contributed by atoms with van der Waals surface area (Å²) in [5.74, 6) is 0. The van der Waals surface area contributed by atoms with Gasteiger partial charge in [0.1, 0.15) is 0 Å². The minimum atomic E-state index is 0.589. The van der Waals surface area contributed by atoms with Crippen molar-refractivity contribution in [2.75, 3.05) is 6.54 Å². The molecule has 0 saturated carbocycles. The molecular weight excluding hydrogens is 208 g/mol. The third-order valence-corrected chi connectivity index (χ3v) is 3.55. The Morgan fingerprint density at radius 1 is 1.29 bits per heavy atom. The topological polar surface area (TPSA) is 24.1 Å². The summed E-state index contributed by atoms with van der Waals surface area (Å²) < 4.78 is 0. The first kappa shape index (κ1) is 12.6. The lowest BCUT2D eigenvalue weighted by atomic mass is 9.99. The number of rotatable bonds is 5. The molecule has 0 aliphatic carbocycles. The van der Waals surface area contributed by atoms with Crippen molar-refractivity contribution in [1.29, 1.82) is 0 Å². The highest BCUT2D eigenvalue weighted by Crippen LogP contribution is 2.12. The molecular formula is C15H24N2. The van der Waals surface area contributed by atoms with Crippen LogP contribution in [0, 0.1) is 0 Å². The Balaban J connectivity index is 1.68. The van der Waals surface area contributed by atoms with E-state index in [4.69, 9.17) is 0 Å². The van der Waals surface area contributed by atoms with Gasteiger partial charge >= 0.3 is 0 Å². The summed E-state index contributed by atoms with van der Waals surface area (Å²) in [6.07, 6.45) is 5.33. The Bertz CT molecular complexity index is 304. The predicted molar refractivity (Wildman–Crippen MR) is 73.0 cm³/mol. The summed E-state index contributed by atoms with van der Waals surface area (Å²) >= 11 is 0. The van der Waals surface area contributed by atoms with Gasteiger partial charge in [-0.2, -0.15) is 0 Å². The first-order chi connectivity index (χ1) is 8.34. The number of piperidine rings is 1. The molecule has 0 spiro atoms. The molecule has 0 radical (unpaired) electrons. The fourth-order valence-electron chi connectivity index (χ4n) is 2.52. The van der Waals surface area contributed by atoms with Gasteiger partial charge in [0.05, 0.1) is 0 Å². The zero-order chi connectivity index (χ0) is 11.9. The zero-order valence-electron chi connectivity index (χ0n) is 10.8. The Morgan fingerprint density at radius 3 is 2.82 bits per heavy atom. The van der Waals surface area contributed by atoms with Crippen LogP contribution in [0.5, 0.6) is 0 Å². The molecule has 2 nitrogen and oxygen atoms in total. The smallest absolute Gasteiger partial charge is 0.0207 e. The summed E-state index contributed by atoms with van der Waals surface area (Å²) in [4.78, 5) is 0. The second kappa shape index (κ2) is 6.77. The monoisotopic (exact) mass is 232 g/mol. The molecule has 1 saturated heterocycles. The van der Waals surface area contributed by atoms with E-state index in [-0.39, 0.29) is 0 Å². The Kier molecular flexibility index (Phi) is 5.02. The average Bonchev–Trinajstić information content (AvgIpc) is 2.39. The van der Waals surface area contributed by atoms with Gasteiger partial charge < -0.3 is 10.6 Å². The van der Waals surface area contributed by atoms with Crippen LogP contribution in [-0.4, -0.2) is 18.6 Å². The molecule has 94 valence electrons. The number of benzene rings is 1. The molecule has 2 rings (SSSR count). The summed E-state index contributed by atoms with van der Waals surface area (Å²) in [7, 11) is 0. The molecule has 1 fully saturated rings. The van der Waals surface area contributed by atoms with Gasteiger partial charge in [-0.15, -0.1) is 0 Å². The minimum absolute atomic E-state index is 0.589. The molecule has 1 aromatic carbocycles. The lowest BCUT2D eigenvalue weighted by Gasteiger charge is -2.26. The Labute approximate surface area is 105 Å². The number of nitrogens with one attached hydrogen (secondary N) is 2.